The maximum Gasteiger partial charge on any atom is 0.0721 e. The predicted octanol–water partition coefficient (Wildman–Crippen LogP) is 4.98. The third-order valence-corrected chi connectivity index (χ3v) is 3.83. The average Bonchev–Trinajstić information content (AvgIpc) is 2.63. The summed E-state index contributed by atoms with van der Waals surface area (Å²) >= 11 is 13.9. The number of rotatable bonds is 3. The van der Waals surface area contributed by atoms with Crippen LogP contribution >= 0.6 is 34.5 Å². The van der Waals surface area contributed by atoms with Gasteiger partial charge in [-0.15, -0.1) is 11.3 Å². The molecule has 0 spiro atoms. The number of halogens is 2. The van der Waals surface area contributed by atoms with Gasteiger partial charge in [-0.3, -0.25) is 0 Å². The lowest BCUT2D eigenvalue weighted by Crippen LogP contribution is -1.98. The molecule has 1 aromatic carbocycles. The quantitative estimate of drug-likeness (QED) is 0.831. The molecule has 2 rings (SSSR count). The number of thiophene rings is 1. The van der Waals surface area contributed by atoms with E-state index in [1.807, 2.05) is 18.2 Å². The van der Waals surface area contributed by atoms with Crippen molar-refractivity contribution < 1.29 is 0 Å². The zero-order valence-corrected chi connectivity index (χ0v) is 11.1. The van der Waals surface area contributed by atoms with Gasteiger partial charge in [0.25, 0.3) is 0 Å². The van der Waals surface area contributed by atoms with Gasteiger partial charge in [-0.05, 0) is 31.2 Å². The molecule has 0 saturated heterocycles. The normalized spacial score (nSPS) is 10.4. The Kier molecular flexibility index (Phi) is 3.74. The fourth-order valence-electron chi connectivity index (χ4n) is 1.42. The Morgan fingerprint density at radius 1 is 1.12 bits per heavy atom. The molecule has 0 aliphatic heterocycles. The van der Waals surface area contributed by atoms with E-state index in [1.54, 1.807) is 11.3 Å². The first-order valence-corrected chi connectivity index (χ1v) is 6.47. The van der Waals surface area contributed by atoms with Gasteiger partial charge in [-0.2, -0.15) is 0 Å². The van der Waals surface area contributed by atoms with Gasteiger partial charge < -0.3 is 5.32 Å². The summed E-state index contributed by atoms with van der Waals surface area (Å²) < 4.78 is 0. The minimum absolute atomic E-state index is 0.653. The highest BCUT2D eigenvalue weighted by molar-refractivity contribution is 7.11. The number of para-hydroxylation sites is 1. The lowest BCUT2D eigenvalue weighted by molar-refractivity contribution is 1.19. The van der Waals surface area contributed by atoms with Crippen molar-refractivity contribution in [2.75, 3.05) is 5.32 Å². The second-order valence-electron chi connectivity index (χ2n) is 3.46. The van der Waals surface area contributed by atoms with Crippen molar-refractivity contribution in [1.82, 2.24) is 0 Å². The van der Waals surface area contributed by atoms with Crippen molar-refractivity contribution in [1.29, 1.82) is 0 Å². The number of hydrogen-bond donors (Lipinski definition) is 1. The van der Waals surface area contributed by atoms with E-state index in [1.165, 1.54) is 9.75 Å². The van der Waals surface area contributed by atoms with Crippen molar-refractivity contribution >= 4 is 40.2 Å². The van der Waals surface area contributed by atoms with Crippen molar-refractivity contribution in [3.05, 3.63) is 50.1 Å². The van der Waals surface area contributed by atoms with Crippen molar-refractivity contribution in [2.24, 2.45) is 0 Å². The average molecular weight is 272 g/mol. The van der Waals surface area contributed by atoms with Crippen molar-refractivity contribution in [3.63, 3.8) is 0 Å². The summed E-state index contributed by atoms with van der Waals surface area (Å²) in [4.78, 5) is 2.58. The molecule has 0 unspecified atom stereocenters. The highest BCUT2D eigenvalue weighted by atomic mass is 35.5. The SMILES string of the molecule is Cc1ccc(CNc2c(Cl)cccc2Cl)s1. The van der Waals surface area contributed by atoms with Gasteiger partial charge in [0.05, 0.1) is 15.7 Å². The molecule has 1 heterocycles. The summed E-state index contributed by atoms with van der Waals surface area (Å²) in [5.41, 5.74) is 0.803. The minimum atomic E-state index is 0.653. The number of aryl methyl sites for hydroxylation is 1. The first-order chi connectivity index (χ1) is 7.66. The minimum Gasteiger partial charge on any atom is -0.378 e. The Bertz CT molecular complexity index is 473. The first-order valence-electron chi connectivity index (χ1n) is 4.90. The van der Waals surface area contributed by atoms with E-state index in [0.717, 1.165) is 12.2 Å². The molecule has 0 amide bonds. The van der Waals surface area contributed by atoms with Crippen LogP contribution in [0.25, 0.3) is 0 Å². The molecular formula is C12H11Cl2NS. The number of nitrogens with one attached hydrogen (secondary N) is 1. The molecule has 0 atom stereocenters. The second kappa shape index (κ2) is 5.09. The lowest BCUT2D eigenvalue weighted by atomic mass is 10.3. The van der Waals surface area contributed by atoms with E-state index in [9.17, 15) is 0 Å². The summed E-state index contributed by atoms with van der Waals surface area (Å²) in [6.07, 6.45) is 0. The largest absolute Gasteiger partial charge is 0.378 e. The highest BCUT2D eigenvalue weighted by Gasteiger charge is 2.05. The fraction of sp³-hybridized carbons (Fsp3) is 0.167. The standard InChI is InChI=1S/C12H11Cl2NS/c1-8-5-6-9(16-8)7-15-12-10(13)3-2-4-11(12)14/h2-6,15H,7H2,1H3. The van der Waals surface area contributed by atoms with Crippen LogP contribution < -0.4 is 5.32 Å². The van der Waals surface area contributed by atoms with Gasteiger partial charge in [0.2, 0.25) is 0 Å². The van der Waals surface area contributed by atoms with Gasteiger partial charge in [0.15, 0.2) is 0 Å². The van der Waals surface area contributed by atoms with Crippen LogP contribution in [0.1, 0.15) is 9.75 Å². The zero-order chi connectivity index (χ0) is 11.5. The Hall–Kier alpha value is -0.700. The number of benzene rings is 1. The molecule has 1 aromatic heterocycles. The van der Waals surface area contributed by atoms with Crippen molar-refractivity contribution in [3.8, 4) is 0 Å². The van der Waals surface area contributed by atoms with Crippen LogP contribution in [-0.2, 0) is 6.54 Å². The highest BCUT2D eigenvalue weighted by Crippen LogP contribution is 2.30. The van der Waals surface area contributed by atoms with Crippen LogP contribution in [0.4, 0.5) is 5.69 Å². The smallest absolute Gasteiger partial charge is 0.0721 e. The maximum absolute atomic E-state index is 6.06. The molecule has 4 heteroatoms. The summed E-state index contributed by atoms with van der Waals surface area (Å²) in [5.74, 6) is 0. The van der Waals surface area contributed by atoms with Gasteiger partial charge in [-0.25, -0.2) is 0 Å². The third kappa shape index (κ3) is 2.70. The molecule has 2 aromatic rings. The van der Waals surface area contributed by atoms with E-state index >= 15 is 0 Å². The summed E-state index contributed by atoms with van der Waals surface area (Å²) in [6.45, 7) is 2.85. The molecule has 0 fully saturated rings. The molecule has 1 N–H and O–H groups in total. The zero-order valence-electron chi connectivity index (χ0n) is 8.76. The summed E-state index contributed by atoms with van der Waals surface area (Å²) in [7, 11) is 0. The summed E-state index contributed by atoms with van der Waals surface area (Å²) in [6, 6.07) is 9.71. The lowest BCUT2D eigenvalue weighted by Gasteiger charge is -2.08. The molecule has 0 bridgehead atoms. The molecule has 84 valence electrons. The predicted molar refractivity (Wildman–Crippen MR) is 72.8 cm³/mol. The van der Waals surface area contributed by atoms with E-state index in [2.05, 4.69) is 24.4 Å². The number of hydrogen-bond acceptors (Lipinski definition) is 2. The van der Waals surface area contributed by atoms with E-state index in [-0.39, 0.29) is 0 Å². The van der Waals surface area contributed by atoms with Crippen LogP contribution in [-0.4, -0.2) is 0 Å². The molecule has 0 aliphatic rings. The van der Waals surface area contributed by atoms with Crippen LogP contribution in [0.2, 0.25) is 10.0 Å². The van der Waals surface area contributed by atoms with Gasteiger partial charge in [0, 0.05) is 16.3 Å². The Morgan fingerprint density at radius 3 is 2.38 bits per heavy atom. The number of anilines is 1. The maximum atomic E-state index is 6.06. The van der Waals surface area contributed by atoms with Gasteiger partial charge >= 0.3 is 0 Å². The van der Waals surface area contributed by atoms with E-state index in [0.29, 0.717) is 10.0 Å². The fourth-order valence-corrected chi connectivity index (χ4v) is 2.78. The topological polar surface area (TPSA) is 12.0 Å². The molecular weight excluding hydrogens is 261 g/mol. The van der Waals surface area contributed by atoms with Gasteiger partial charge in [-0.1, -0.05) is 29.3 Å². The molecule has 1 nitrogen and oxygen atoms in total. The summed E-state index contributed by atoms with van der Waals surface area (Å²) in [5, 5.41) is 4.56. The van der Waals surface area contributed by atoms with Crippen LogP contribution in [0.15, 0.2) is 30.3 Å². The monoisotopic (exact) mass is 271 g/mol. The molecule has 0 aliphatic carbocycles. The first kappa shape index (κ1) is 11.8. The molecule has 0 saturated carbocycles. The molecule has 16 heavy (non-hydrogen) atoms. The van der Waals surface area contributed by atoms with Crippen LogP contribution in [0, 0.1) is 6.92 Å². The third-order valence-electron chi connectivity index (χ3n) is 2.20. The van der Waals surface area contributed by atoms with Crippen molar-refractivity contribution in [2.45, 2.75) is 13.5 Å². The second-order valence-corrected chi connectivity index (χ2v) is 5.65. The molecule has 0 radical (unpaired) electrons. The van der Waals surface area contributed by atoms with Crippen LogP contribution in [0.3, 0.4) is 0 Å². The van der Waals surface area contributed by atoms with E-state index < -0.39 is 0 Å². The van der Waals surface area contributed by atoms with E-state index in [4.69, 9.17) is 23.2 Å². The van der Waals surface area contributed by atoms with Crippen LogP contribution in [0.5, 0.6) is 0 Å². The van der Waals surface area contributed by atoms with Gasteiger partial charge in [0.1, 0.15) is 0 Å². The Balaban J connectivity index is 2.10. The Morgan fingerprint density at radius 2 is 1.81 bits per heavy atom. The Labute approximate surface area is 109 Å².